The van der Waals surface area contributed by atoms with E-state index >= 15 is 0 Å². The fraction of sp³-hybridized carbons (Fsp3) is 0.500. The molecule has 0 bridgehead atoms. The molecule has 0 aromatic rings. The van der Waals surface area contributed by atoms with Crippen molar-refractivity contribution in [2.75, 3.05) is 6.54 Å². The minimum atomic E-state index is -1.07. The van der Waals surface area contributed by atoms with Crippen LogP contribution in [0.25, 0.3) is 0 Å². The first-order chi connectivity index (χ1) is 5.57. The summed E-state index contributed by atoms with van der Waals surface area (Å²) in [4.78, 5) is 21.1. The third-order valence-electron chi connectivity index (χ3n) is 1.23. The average Bonchev–Trinajstić information content (AvgIpc) is 2.00. The lowest BCUT2D eigenvalue weighted by molar-refractivity contribution is -0.133. The van der Waals surface area contributed by atoms with Gasteiger partial charge in [0.05, 0.1) is 0 Å². The molecule has 0 rings (SSSR count). The molecule has 0 atom stereocenters. The number of hydrogen-bond acceptors (Lipinski definition) is 2. The molecule has 12 heavy (non-hydrogen) atoms. The van der Waals surface area contributed by atoms with E-state index in [2.05, 4.69) is 5.32 Å². The third-order valence-corrected chi connectivity index (χ3v) is 1.23. The number of aliphatic carboxylic acids is 1. The van der Waals surface area contributed by atoms with E-state index in [9.17, 15) is 9.59 Å². The van der Waals surface area contributed by atoms with Gasteiger partial charge in [0, 0.05) is 18.2 Å². The van der Waals surface area contributed by atoms with Gasteiger partial charge in [0.1, 0.15) is 0 Å². The number of carboxylic acids is 1. The van der Waals surface area contributed by atoms with Crippen molar-refractivity contribution in [3.8, 4) is 0 Å². The van der Waals surface area contributed by atoms with Crippen molar-refractivity contribution in [3.05, 3.63) is 11.6 Å². The zero-order chi connectivity index (χ0) is 9.56. The highest BCUT2D eigenvalue weighted by Gasteiger charge is 2.02. The smallest absolute Gasteiger partial charge is 0.331 e. The van der Waals surface area contributed by atoms with Crippen LogP contribution in [-0.2, 0) is 9.59 Å². The Labute approximate surface area is 71.3 Å². The monoisotopic (exact) mass is 171 g/mol. The van der Waals surface area contributed by atoms with E-state index in [1.54, 1.807) is 0 Å². The minimum Gasteiger partial charge on any atom is -0.478 e. The maximum atomic E-state index is 10.9. The van der Waals surface area contributed by atoms with Crippen molar-refractivity contribution in [3.63, 3.8) is 0 Å². The molecular weight excluding hydrogens is 158 g/mol. The second kappa shape index (κ2) is 5.35. The fourth-order valence-corrected chi connectivity index (χ4v) is 0.558. The molecule has 0 aliphatic heterocycles. The SMILES string of the molecule is CCCNC(=O)/C=C(/C)C(=O)O. The normalized spacial score (nSPS) is 11.0. The van der Waals surface area contributed by atoms with Crippen LogP contribution in [0.15, 0.2) is 11.6 Å². The van der Waals surface area contributed by atoms with Gasteiger partial charge in [-0.05, 0) is 13.3 Å². The zero-order valence-corrected chi connectivity index (χ0v) is 7.26. The Balaban J connectivity index is 3.97. The van der Waals surface area contributed by atoms with Gasteiger partial charge in [-0.25, -0.2) is 4.79 Å². The Morgan fingerprint density at radius 1 is 1.50 bits per heavy atom. The average molecular weight is 171 g/mol. The van der Waals surface area contributed by atoms with Gasteiger partial charge < -0.3 is 10.4 Å². The lowest BCUT2D eigenvalue weighted by Gasteiger charge is -1.98. The number of rotatable bonds is 4. The van der Waals surface area contributed by atoms with Crippen LogP contribution >= 0.6 is 0 Å². The molecule has 0 aliphatic carbocycles. The second-order valence-electron chi connectivity index (χ2n) is 2.42. The molecule has 0 radical (unpaired) electrons. The van der Waals surface area contributed by atoms with Gasteiger partial charge in [-0.1, -0.05) is 6.92 Å². The molecule has 2 N–H and O–H groups in total. The Bertz CT molecular complexity index is 208. The van der Waals surface area contributed by atoms with Crippen LogP contribution in [0, 0.1) is 0 Å². The van der Waals surface area contributed by atoms with Gasteiger partial charge in [0.25, 0.3) is 0 Å². The number of carboxylic acid groups (broad SMARTS) is 1. The molecule has 0 heterocycles. The molecule has 0 saturated heterocycles. The van der Waals surface area contributed by atoms with Crippen LogP contribution in [0.3, 0.4) is 0 Å². The van der Waals surface area contributed by atoms with Crippen molar-refractivity contribution in [1.82, 2.24) is 5.32 Å². The van der Waals surface area contributed by atoms with Crippen LogP contribution in [0.1, 0.15) is 20.3 Å². The van der Waals surface area contributed by atoms with Crippen LogP contribution in [0.2, 0.25) is 0 Å². The molecule has 0 unspecified atom stereocenters. The largest absolute Gasteiger partial charge is 0.478 e. The summed E-state index contributed by atoms with van der Waals surface area (Å²) < 4.78 is 0. The maximum Gasteiger partial charge on any atom is 0.331 e. The summed E-state index contributed by atoms with van der Waals surface area (Å²) in [6.07, 6.45) is 1.92. The fourth-order valence-electron chi connectivity index (χ4n) is 0.558. The van der Waals surface area contributed by atoms with Crippen molar-refractivity contribution in [2.24, 2.45) is 0 Å². The van der Waals surface area contributed by atoms with Crippen LogP contribution in [0.5, 0.6) is 0 Å². The van der Waals surface area contributed by atoms with Gasteiger partial charge in [0.2, 0.25) is 5.91 Å². The number of nitrogens with one attached hydrogen (secondary N) is 1. The maximum absolute atomic E-state index is 10.9. The molecule has 4 heteroatoms. The topological polar surface area (TPSA) is 66.4 Å². The summed E-state index contributed by atoms with van der Waals surface area (Å²) in [5.74, 6) is -1.42. The third kappa shape index (κ3) is 4.49. The second-order valence-corrected chi connectivity index (χ2v) is 2.42. The van der Waals surface area contributed by atoms with Crippen LogP contribution < -0.4 is 5.32 Å². The standard InChI is InChI=1S/C8H13NO3/c1-3-4-9-7(10)5-6(2)8(11)12/h5H,3-4H2,1-2H3,(H,9,10)(H,11,12)/b6-5-. The Hall–Kier alpha value is -1.32. The zero-order valence-electron chi connectivity index (χ0n) is 7.26. The van der Waals surface area contributed by atoms with Gasteiger partial charge in [-0.3, -0.25) is 4.79 Å². The summed E-state index contributed by atoms with van der Waals surface area (Å²) >= 11 is 0. The van der Waals surface area contributed by atoms with E-state index in [0.29, 0.717) is 6.54 Å². The molecule has 4 nitrogen and oxygen atoms in total. The Kier molecular flexibility index (Phi) is 4.76. The molecule has 0 saturated carbocycles. The lowest BCUT2D eigenvalue weighted by atomic mass is 10.3. The van der Waals surface area contributed by atoms with E-state index in [1.165, 1.54) is 6.92 Å². The van der Waals surface area contributed by atoms with Crippen molar-refractivity contribution >= 4 is 11.9 Å². The number of carbonyl (C=O) groups excluding carboxylic acids is 1. The summed E-state index contributed by atoms with van der Waals surface area (Å²) in [6, 6.07) is 0. The summed E-state index contributed by atoms with van der Waals surface area (Å²) in [7, 11) is 0. The Morgan fingerprint density at radius 3 is 2.50 bits per heavy atom. The summed E-state index contributed by atoms with van der Waals surface area (Å²) in [6.45, 7) is 3.88. The minimum absolute atomic E-state index is 0.0450. The van der Waals surface area contributed by atoms with Crippen LogP contribution in [0.4, 0.5) is 0 Å². The predicted molar refractivity (Wildman–Crippen MR) is 44.7 cm³/mol. The van der Waals surface area contributed by atoms with E-state index in [1.807, 2.05) is 6.92 Å². The van der Waals surface area contributed by atoms with E-state index in [-0.39, 0.29) is 11.5 Å². The van der Waals surface area contributed by atoms with E-state index in [0.717, 1.165) is 12.5 Å². The summed E-state index contributed by atoms with van der Waals surface area (Å²) in [5, 5.41) is 10.9. The molecule has 0 fully saturated rings. The molecule has 0 spiro atoms. The number of amides is 1. The highest BCUT2D eigenvalue weighted by Crippen LogP contribution is 1.90. The van der Waals surface area contributed by atoms with Gasteiger partial charge >= 0.3 is 5.97 Å². The molecular formula is C8H13NO3. The molecule has 0 aromatic carbocycles. The first kappa shape index (κ1) is 10.7. The molecule has 0 aliphatic rings. The molecule has 68 valence electrons. The van der Waals surface area contributed by atoms with Gasteiger partial charge in [-0.2, -0.15) is 0 Å². The van der Waals surface area contributed by atoms with E-state index < -0.39 is 5.97 Å². The quantitative estimate of drug-likeness (QED) is 0.607. The van der Waals surface area contributed by atoms with E-state index in [4.69, 9.17) is 5.11 Å². The highest BCUT2D eigenvalue weighted by molar-refractivity contribution is 5.97. The number of carbonyl (C=O) groups is 2. The van der Waals surface area contributed by atoms with Gasteiger partial charge in [-0.15, -0.1) is 0 Å². The van der Waals surface area contributed by atoms with Gasteiger partial charge in [0.15, 0.2) is 0 Å². The first-order valence-electron chi connectivity index (χ1n) is 3.77. The molecule has 1 amide bonds. The van der Waals surface area contributed by atoms with Crippen molar-refractivity contribution < 1.29 is 14.7 Å². The van der Waals surface area contributed by atoms with Crippen molar-refractivity contribution in [1.29, 1.82) is 0 Å². The number of hydrogen-bond donors (Lipinski definition) is 2. The predicted octanol–water partition coefficient (Wildman–Crippen LogP) is 0.544. The lowest BCUT2D eigenvalue weighted by Crippen LogP contribution is -2.22. The molecule has 0 aromatic heterocycles. The Morgan fingerprint density at radius 2 is 2.08 bits per heavy atom. The first-order valence-corrected chi connectivity index (χ1v) is 3.77. The van der Waals surface area contributed by atoms with Crippen LogP contribution in [-0.4, -0.2) is 23.5 Å². The highest BCUT2D eigenvalue weighted by atomic mass is 16.4. The summed E-state index contributed by atoms with van der Waals surface area (Å²) in [5.41, 5.74) is 0.0450. The van der Waals surface area contributed by atoms with Crippen molar-refractivity contribution in [2.45, 2.75) is 20.3 Å².